The molecular weight excluding hydrogens is 409 g/mol. The van der Waals surface area contributed by atoms with E-state index < -0.39 is 22.7 Å². The first-order valence-corrected chi connectivity index (χ1v) is 8.73. The molecule has 5 nitrogen and oxygen atoms in total. The fraction of sp³-hybridized carbons (Fsp3) is 0.200. The SMILES string of the molecule is CN(C)C(=O)COc1ccc(NC(=O)/C=C/c2ccc(Cl)c(C(F)(F)F)c2)cc1. The molecule has 0 aliphatic rings. The van der Waals surface area contributed by atoms with Crippen molar-refractivity contribution in [2.24, 2.45) is 0 Å². The molecule has 0 aliphatic carbocycles. The highest BCUT2D eigenvalue weighted by molar-refractivity contribution is 6.31. The van der Waals surface area contributed by atoms with Gasteiger partial charge in [0.1, 0.15) is 5.75 Å². The minimum Gasteiger partial charge on any atom is -0.484 e. The molecule has 0 bridgehead atoms. The van der Waals surface area contributed by atoms with Crippen molar-refractivity contribution in [3.8, 4) is 5.75 Å². The van der Waals surface area contributed by atoms with Gasteiger partial charge in [-0.15, -0.1) is 0 Å². The van der Waals surface area contributed by atoms with Gasteiger partial charge in [-0.25, -0.2) is 0 Å². The fourth-order valence-corrected chi connectivity index (χ4v) is 2.35. The van der Waals surface area contributed by atoms with E-state index in [1.54, 1.807) is 38.4 Å². The van der Waals surface area contributed by atoms with Gasteiger partial charge < -0.3 is 15.0 Å². The van der Waals surface area contributed by atoms with Crippen molar-refractivity contribution in [3.05, 3.63) is 64.7 Å². The molecule has 0 saturated carbocycles. The first kappa shape index (κ1) is 22.3. The van der Waals surface area contributed by atoms with E-state index in [0.717, 1.165) is 18.2 Å². The Morgan fingerprint density at radius 2 is 1.79 bits per heavy atom. The fourth-order valence-electron chi connectivity index (χ4n) is 2.13. The first-order valence-electron chi connectivity index (χ1n) is 8.35. The average molecular weight is 427 g/mol. The lowest BCUT2D eigenvalue weighted by Gasteiger charge is -2.11. The van der Waals surface area contributed by atoms with E-state index in [2.05, 4.69) is 5.32 Å². The van der Waals surface area contributed by atoms with Crippen molar-refractivity contribution in [2.45, 2.75) is 6.18 Å². The Morgan fingerprint density at radius 1 is 1.14 bits per heavy atom. The number of likely N-dealkylation sites (N-methyl/N-ethyl adjacent to an activating group) is 1. The summed E-state index contributed by atoms with van der Waals surface area (Å²) in [6.45, 7) is -0.109. The lowest BCUT2D eigenvalue weighted by molar-refractivity contribution is -0.137. The zero-order valence-corrected chi connectivity index (χ0v) is 16.3. The highest BCUT2D eigenvalue weighted by Crippen LogP contribution is 2.35. The molecule has 0 spiro atoms. The van der Waals surface area contributed by atoms with Gasteiger partial charge >= 0.3 is 6.18 Å². The van der Waals surface area contributed by atoms with Gasteiger partial charge in [0, 0.05) is 25.9 Å². The molecule has 0 aromatic heterocycles. The number of rotatable bonds is 6. The van der Waals surface area contributed by atoms with Gasteiger partial charge in [-0.05, 0) is 48.0 Å². The van der Waals surface area contributed by atoms with Gasteiger partial charge in [0.05, 0.1) is 10.6 Å². The summed E-state index contributed by atoms with van der Waals surface area (Å²) in [5.74, 6) is -0.261. The van der Waals surface area contributed by atoms with Gasteiger partial charge in [-0.2, -0.15) is 13.2 Å². The van der Waals surface area contributed by atoms with Crippen LogP contribution in [0.25, 0.3) is 6.08 Å². The quantitative estimate of drug-likeness (QED) is 0.693. The predicted octanol–water partition coefficient (Wildman–Crippen LogP) is 4.48. The van der Waals surface area contributed by atoms with E-state index in [1.165, 1.54) is 17.0 Å². The van der Waals surface area contributed by atoms with Crippen LogP contribution in [0.4, 0.5) is 18.9 Å². The number of amides is 2. The Labute approximate surface area is 170 Å². The van der Waals surface area contributed by atoms with Crippen LogP contribution in [0, 0.1) is 0 Å². The van der Waals surface area contributed by atoms with Crippen LogP contribution in [-0.2, 0) is 15.8 Å². The molecule has 2 rings (SSSR count). The highest BCUT2D eigenvalue weighted by atomic mass is 35.5. The molecule has 0 fully saturated rings. The van der Waals surface area contributed by atoms with Crippen LogP contribution in [-0.4, -0.2) is 37.4 Å². The summed E-state index contributed by atoms with van der Waals surface area (Å²) in [6, 6.07) is 9.68. The Hall–Kier alpha value is -3.00. The number of carbonyl (C=O) groups is 2. The number of nitrogens with one attached hydrogen (secondary N) is 1. The smallest absolute Gasteiger partial charge is 0.417 e. The van der Waals surface area contributed by atoms with E-state index in [1.807, 2.05) is 0 Å². The molecular formula is C20H18ClF3N2O3. The minimum atomic E-state index is -4.58. The Balaban J connectivity index is 1.96. The van der Waals surface area contributed by atoms with Crippen molar-refractivity contribution < 1.29 is 27.5 Å². The van der Waals surface area contributed by atoms with Gasteiger partial charge in [0.15, 0.2) is 6.61 Å². The molecule has 2 amide bonds. The maximum Gasteiger partial charge on any atom is 0.417 e. The van der Waals surface area contributed by atoms with Crippen LogP contribution in [0.1, 0.15) is 11.1 Å². The zero-order chi connectivity index (χ0) is 21.6. The molecule has 0 radical (unpaired) electrons. The Bertz CT molecular complexity index is 910. The Morgan fingerprint density at radius 3 is 2.38 bits per heavy atom. The number of hydrogen-bond donors (Lipinski definition) is 1. The summed E-state index contributed by atoms with van der Waals surface area (Å²) in [4.78, 5) is 24.9. The van der Waals surface area contributed by atoms with E-state index in [4.69, 9.17) is 16.3 Å². The second-order valence-corrected chi connectivity index (χ2v) is 6.57. The maximum atomic E-state index is 12.9. The third kappa shape index (κ3) is 6.83. The molecule has 0 heterocycles. The number of alkyl halides is 3. The number of ether oxygens (including phenoxy) is 1. The topological polar surface area (TPSA) is 58.6 Å². The van der Waals surface area contributed by atoms with E-state index in [0.29, 0.717) is 11.4 Å². The zero-order valence-electron chi connectivity index (χ0n) is 15.6. The maximum absolute atomic E-state index is 12.9. The monoisotopic (exact) mass is 426 g/mol. The summed E-state index contributed by atoms with van der Waals surface area (Å²) in [6.07, 6.45) is -2.21. The second-order valence-electron chi connectivity index (χ2n) is 6.16. The summed E-state index contributed by atoms with van der Waals surface area (Å²) in [7, 11) is 3.23. The number of halogens is 4. The molecule has 154 valence electrons. The Kier molecular flexibility index (Phi) is 7.28. The normalized spacial score (nSPS) is 11.4. The summed E-state index contributed by atoms with van der Waals surface area (Å²) < 4.78 is 43.9. The average Bonchev–Trinajstić information content (AvgIpc) is 2.65. The summed E-state index contributed by atoms with van der Waals surface area (Å²) in [5.41, 5.74) is -0.325. The van der Waals surface area contributed by atoms with Gasteiger partial charge in [-0.3, -0.25) is 9.59 Å². The minimum absolute atomic E-state index is 0.109. The van der Waals surface area contributed by atoms with Crippen molar-refractivity contribution in [2.75, 3.05) is 26.0 Å². The second kappa shape index (κ2) is 9.47. The molecule has 9 heteroatoms. The van der Waals surface area contributed by atoms with Crippen LogP contribution >= 0.6 is 11.6 Å². The standard InChI is InChI=1S/C20H18ClF3N2O3/c1-26(2)19(28)12-29-15-7-5-14(6-8-15)25-18(27)10-4-13-3-9-17(21)16(11-13)20(22,23)24/h3-11H,12H2,1-2H3,(H,25,27)/b10-4+. The molecule has 0 saturated heterocycles. The van der Waals surface area contributed by atoms with Crippen molar-refractivity contribution in [3.63, 3.8) is 0 Å². The van der Waals surface area contributed by atoms with E-state index in [-0.39, 0.29) is 18.1 Å². The first-order chi connectivity index (χ1) is 13.6. The number of anilines is 1. The third-order valence-corrected chi connectivity index (χ3v) is 4.04. The molecule has 0 atom stereocenters. The summed E-state index contributed by atoms with van der Waals surface area (Å²) in [5, 5.41) is 2.17. The highest BCUT2D eigenvalue weighted by Gasteiger charge is 2.33. The van der Waals surface area contributed by atoms with Crippen LogP contribution in [0.5, 0.6) is 5.75 Å². The van der Waals surface area contributed by atoms with E-state index in [9.17, 15) is 22.8 Å². The molecule has 1 N–H and O–H groups in total. The summed E-state index contributed by atoms with van der Waals surface area (Å²) >= 11 is 5.56. The third-order valence-electron chi connectivity index (χ3n) is 3.71. The van der Waals surface area contributed by atoms with Crippen LogP contribution < -0.4 is 10.1 Å². The molecule has 29 heavy (non-hydrogen) atoms. The van der Waals surface area contributed by atoms with Gasteiger partial charge in [0.2, 0.25) is 5.91 Å². The molecule has 0 unspecified atom stereocenters. The van der Waals surface area contributed by atoms with Crippen LogP contribution in [0.3, 0.4) is 0 Å². The molecule has 0 aliphatic heterocycles. The molecule has 2 aromatic carbocycles. The lowest BCUT2D eigenvalue weighted by atomic mass is 10.1. The predicted molar refractivity (Wildman–Crippen MR) is 105 cm³/mol. The van der Waals surface area contributed by atoms with Gasteiger partial charge in [0.25, 0.3) is 5.91 Å². The number of carbonyl (C=O) groups excluding carboxylic acids is 2. The van der Waals surface area contributed by atoms with Crippen molar-refractivity contribution >= 4 is 35.2 Å². The van der Waals surface area contributed by atoms with Crippen LogP contribution in [0.2, 0.25) is 5.02 Å². The van der Waals surface area contributed by atoms with Crippen molar-refractivity contribution in [1.29, 1.82) is 0 Å². The number of nitrogens with zero attached hydrogens (tertiary/aromatic N) is 1. The number of benzene rings is 2. The van der Waals surface area contributed by atoms with Gasteiger partial charge in [-0.1, -0.05) is 17.7 Å². The van der Waals surface area contributed by atoms with E-state index >= 15 is 0 Å². The van der Waals surface area contributed by atoms with Crippen molar-refractivity contribution in [1.82, 2.24) is 4.90 Å². The van der Waals surface area contributed by atoms with Crippen LogP contribution in [0.15, 0.2) is 48.5 Å². The lowest BCUT2D eigenvalue weighted by Crippen LogP contribution is -2.27. The largest absolute Gasteiger partial charge is 0.484 e. The number of hydrogen-bond acceptors (Lipinski definition) is 3. The molecule has 2 aromatic rings.